The molecule has 0 amide bonds. The van der Waals surface area contributed by atoms with Crippen LogP contribution in [-0.2, 0) is 6.42 Å². The summed E-state index contributed by atoms with van der Waals surface area (Å²) in [6, 6.07) is 8.57. The SMILES string of the molecule is NC1(Cc2ccc3ccncc3c2)CC1. The predicted octanol–water partition coefficient (Wildman–Crippen LogP) is 2.27. The van der Waals surface area contributed by atoms with Crippen LogP contribution in [0.3, 0.4) is 0 Å². The van der Waals surface area contributed by atoms with E-state index in [-0.39, 0.29) is 5.54 Å². The van der Waals surface area contributed by atoms with Crippen molar-refractivity contribution in [2.24, 2.45) is 5.73 Å². The first-order valence-corrected chi connectivity index (χ1v) is 5.37. The Balaban J connectivity index is 1.99. The summed E-state index contributed by atoms with van der Waals surface area (Å²) in [5.74, 6) is 0. The lowest BCUT2D eigenvalue weighted by Crippen LogP contribution is -2.24. The van der Waals surface area contributed by atoms with Crippen molar-refractivity contribution in [1.29, 1.82) is 0 Å². The largest absolute Gasteiger partial charge is 0.325 e. The van der Waals surface area contributed by atoms with E-state index >= 15 is 0 Å². The van der Waals surface area contributed by atoms with Gasteiger partial charge in [0.25, 0.3) is 0 Å². The normalized spacial score (nSPS) is 17.9. The van der Waals surface area contributed by atoms with Crippen LogP contribution >= 0.6 is 0 Å². The van der Waals surface area contributed by atoms with Crippen LogP contribution in [0.5, 0.6) is 0 Å². The Labute approximate surface area is 89.1 Å². The molecular formula is C13H14N2. The van der Waals surface area contributed by atoms with Crippen molar-refractivity contribution in [2.75, 3.05) is 0 Å². The number of hydrogen-bond donors (Lipinski definition) is 1. The lowest BCUT2D eigenvalue weighted by molar-refractivity contribution is 0.673. The van der Waals surface area contributed by atoms with Crippen LogP contribution in [-0.4, -0.2) is 10.5 Å². The number of fused-ring (bicyclic) bond motifs is 1. The minimum Gasteiger partial charge on any atom is -0.325 e. The number of pyridine rings is 1. The molecular weight excluding hydrogens is 184 g/mol. The number of rotatable bonds is 2. The number of nitrogens with two attached hydrogens (primary N) is 1. The minimum absolute atomic E-state index is 0.0931. The van der Waals surface area contributed by atoms with Crippen LogP contribution < -0.4 is 5.73 Å². The molecule has 0 saturated heterocycles. The van der Waals surface area contributed by atoms with E-state index in [4.69, 9.17) is 5.73 Å². The molecule has 0 radical (unpaired) electrons. The number of aromatic nitrogens is 1. The second-order valence-corrected chi connectivity index (χ2v) is 4.60. The summed E-state index contributed by atoms with van der Waals surface area (Å²) in [5, 5.41) is 2.45. The average Bonchev–Trinajstić information content (AvgIpc) is 2.96. The fourth-order valence-corrected chi connectivity index (χ4v) is 1.99. The maximum absolute atomic E-state index is 6.11. The second-order valence-electron chi connectivity index (χ2n) is 4.60. The molecule has 0 atom stereocenters. The molecule has 1 aliphatic rings. The maximum Gasteiger partial charge on any atom is 0.0346 e. The van der Waals surface area contributed by atoms with Crippen molar-refractivity contribution < 1.29 is 0 Å². The molecule has 2 heteroatoms. The molecule has 2 N–H and O–H groups in total. The van der Waals surface area contributed by atoms with Gasteiger partial charge >= 0.3 is 0 Å². The Kier molecular flexibility index (Phi) is 1.80. The molecule has 3 rings (SSSR count). The molecule has 1 saturated carbocycles. The van der Waals surface area contributed by atoms with E-state index in [9.17, 15) is 0 Å². The molecule has 0 unspecified atom stereocenters. The van der Waals surface area contributed by atoms with Gasteiger partial charge in [0.1, 0.15) is 0 Å². The van der Waals surface area contributed by atoms with Crippen LogP contribution in [0.1, 0.15) is 18.4 Å². The third-order valence-electron chi connectivity index (χ3n) is 3.15. The van der Waals surface area contributed by atoms with Crippen LogP contribution in [0.2, 0.25) is 0 Å². The Hall–Kier alpha value is -1.41. The minimum atomic E-state index is 0.0931. The highest BCUT2D eigenvalue weighted by atomic mass is 14.8. The average molecular weight is 198 g/mol. The summed E-state index contributed by atoms with van der Waals surface area (Å²) in [6.45, 7) is 0. The molecule has 0 spiro atoms. The second kappa shape index (κ2) is 3.04. The van der Waals surface area contributed by atoms with E-state index < -0.39 is 0 Å². The van der Waals surface area contributed by atoms with Gasteiger partial charge in [0.05, 0.1) is 0 Å². The third-order valence-corrected chi connectivity index (χ3v) is 3.15. The summed E-state index contributed by atoms with van der Waals surface area (Å²) in [4.78, 5) is 4.13. The summed E-state index contributed by atoms with van der Waals surface area (Å²) in [7, 11) is 0. The van der Waals surface area contributed by atoms with Gasteiger partial charge in [-0.1, -0.05) is 12.1 Å². The van der Waals surface area contributed by atoms with E-state index in [1.54, 1.807) is 0 Å². The zero-order valence-corrected chi connectivity index (χ0v) is 8.61. The maximum atomic E-state index is 6.11. The topological polar surface area (TPSA) is 38.9 Å². The van der Waals surface area contributed by atoms with Crippen LogP contribution in [0, 0.1) is 0 Å². The van der Waals surface area contributed by atoms with Crippen LogP contribution in [0.25, 0.3) is 10.8 Å². The van der Waals surface area contributed by atoms with Crippen molar-refractivity contribution in [3.8, 4) is 0 Å². The van der Waals surface area contributed by atoms with Crippen molar-refractivity contribution in [3.63, 3.8) is 0 Å². The summed E-state index contributed by atoms with van der Waals surface area (Å²) in [6.07, 6.45) is 7.07. The van der Waals surface area contributed by atoms with E-state index in [2.05, 4.69) is 23.2 Å². The molecule has 0 aliphatic heterocycles. The molecule has 1 heterocycles. The van der Waals surface area contributed by atoms with Crippen LogP contribution in [0.4, 0.5) is 0 Å². The zero-order valence-electron chi connectivity index (χ0n) is 8.61. The summed E-state index contributed by atoms with van der Waals surface area (Å²) < 4.78 is 0. The molecule has 1 aromatic carbocycles. The van der Waals surface area contributed by atoms with Gasteiger partial charge in [-0.3, -0.25) is 4.98 Å². The quantitative estimate of drug-likeness (QED) is 0.804. The third kappa shape index (κ3) is 1.73. The van der Waals surface area contributed by atoms with Crippen molar-refractivity contribution in [3.05, 3.63) is 42.2 Å². The van der Waals surface area contributed by atoms with Gasteiger partial charge in [0.15, 0.2) is 0 Å². The molecule has 1 aliphatic carbocycles. The summed E-state index contributed by atoms with van der Waals surface area (Å²) >= 11 is 0. The first-order valence-electron chi connectivity index (χ1n) is 5.37. The number of nitrogens with zero attached hydrogens (tertiary/aromatic N) is 1. The smallest absolute Gasteiger partial charge is 0.0346 e. The monoisotopic (exact) mass is 198 g/mol. The van der Waals surface area contributed by atoms with Gasteiger partial charge < -0.3 is 5.73 Å². The molecule has 0 bridgehead atoms. The van der Waals surface area contributed by atoms with Gasteiger partial charge in [-0.15, -0.1) is 0 Å². The Bertz CT molecular complexity index is 501. The number of hydrogen-bond acceptors (Lipinski definition) is 2. The molecule has 1 fully saturated rings. The van der Waals surface area contributed by atoms with Gasteiger partial charge in [-0.2, -0.15) is 0 Å². The highest BCUT2D eigenvalue weighted by molar-refractivity contribution is 5.82. The zero-order chi connectivity index (χ0) is 10.3. The fraction of sp³-hybridized carbons (Fsp3) is 0.308. The molecule has 76 valence electrons. The first kappa shape index (κ1) is 8.86. The van der Waals surface area contributed by atoms with Gasteiger partial charge in [0.2, 0.25) is 0 Å². The van der Waals surface area contributed by atoms with Gasteiger partial charge in [-0.25, -0.2) is 0 Å². The Morgan fingerprint density at radius 3 is 2.87 bits per heavy atom. The van der Waals surface area contributed by atoms with Crippen molar-refractivity contribution in [2.45, 2.75) is 24.8 Å². The molecule has 15 heavy (non-hydrogen) atoms. The van der Waals surface area contributed by atoms with E-state index in [0.717, 1.165) is 19.3 Å². The van der Waals surface area contributed by atoms with Crippen LogP contribution in [0.15, 0.2) is 36.7 Å². The van der Waals surface area contributed by atoms with Gasteiger partial charge in [-0.05, 0) is 42.3 Å². The lowest BCUT2D eigenvalue weighted by Gasteiger charge is -2.08. The van der Waals surface area contributed by atoms with E-state index in [1.165, 1.54) is 16.3 Å². The summed E-state index contributed by atoms with van der Waals surface area (Å²) in [5.41, 5.74) is 7.53. The van der Waals surface area contributed by atoms with E-state index in [1.807, 2.05) is 18.5 Å². The Morgan fingerprint density at radius 2 is 2.07 bits per heavy atom. The molecule has 1 aromatic heterocycles. The molecule has 2 aromatic rings. The fourth-order valence-electron chi connectivity index (χ4n) is 1.99. The molecule has 2 nitrogen and oxygen atoms in total. The highest BCUT2D eigenvalue weighted by Crippen LogP contribution is 2.35. The predicted molar refractivity (Wildman–Crippen MR) is 61.6 cm³/mol. The Morgan fingerprint density at radius 1 is 1.20 bits per heavy atom. The first-order chi connectivity index (χ1) is 7.25. The number of benzene rings is 1. The van der Waals surface area contributed by atoms with Crippen molar-refractivity contribution in [1.82, 2.24) is 4.98 Å². The van der Waals surface area contributed by atoms with E-state index in [0.29, 0.717) is 0 Å². The highest BCUT2D eigenvalue weighted by Gasteiger charge is 2.37. The lowest BCUT2D eigenvalue weighted by atomic mass is 10.0. The van der Waals surface area contributed by atoms with Gasteiger partial charge in [0, 0.05) is 23.3 Å². The van der Waals surface area contributed by atoms with Crippen molar-refractivity contribution >= 4 is 10.8 Å². The standard InChI is InChI=1S/C13H14N2/c14-13(4-5-13)8-10-1-2-11-3-6-15-9-12(11)7-10/h1-3,6-7,9H,4-5,8,14H2.